The van der Waals surface area contributed by atoms with Gasteiger partial charge in [-0.3, -0.25) is 9.09 Å². The number of phosphoric acid groups is 3. The van der Waals surface area contributed by atoms with E-state index in [4.69, 9.17) is 30.9 Å². The van der Waals surface area contributed by atoms with Gasteiger partial charge in [0.15, 0.2) is 6.23 Å². The van der Waals surface area contributed by atoms with Crippen molar-refractivity contribution >= 4 is 35.4 Å². The number of nitrogens with zero attached hydrogens (tertiary/aromatic N) is 2. The molecule has 1 aliphatic rings. The Labute approximate surface area is 184 Å². The molecule has 2 rings (SSSR count). The lowest BCUT2D eigenvalue weighted by atomic mass is 10.1. The summed E-state index contributed by atoms with van der Waals surface area (Å²) in [5, 5.41) is 20.4. The van der Waals surface area contributed by atoms with Gasteiger partial charge in [0.05, 0.1) is 6.61 Å². The Balaban J connectivity index is 2.14. The van der Waals surface area contributed by atoms with E-state index >= 15 is 0 Å². The number of nitrogens with two attached hydrogens (primary N) is 2. The minimum Gasteiger partial charge on any atom is -0.387 e. The van der Waals surface area contributed by atoms with E-state index in [1.54, 1.807) is 0 Å². The van der Waals surface area contributed by atoms with Crippen LogP contribution in [0, 0.1) is 0 Å². The van der Waals surface area contributed by atoms with Crippen LogP contribution in [0.25, 0.3) is 6.08 Å². The first kappa shape index (κ1) is 27.9. The van der Waals surface area contributed by atoms with E-state index in [-0.39, 0.29) is 17.9 Å². The summed E-state index contributed by atoms with van der Waals surface area (Å²) >= 11 is 0. The molecule has 1 saturated heterocycles. The molecule has 1 aliphatic heterocycles. The zero-order chi connectivity index (χ0) is 25.2. The number of aliphatic hydroxyl groups excluding tert-OH is 2. The van der Waals surface area contributed by atoms with Gasteiger partial charge in [-0.25, -0.2) is 18.5 Å². The number of ether oxygens (including phenoxy) is 1. The van der Waals surface area contributed by atoms with Crippen LogP contribution in [0.1, 0.15) is 11.8 Å². The summed E-state index contributed by atoms with van der Waals surface area (Å²) in [5.41, 5.74) is 10.2. The third-order valence-electron chi connectivity index (χ3n) is 3.87. The van der Waals surface area contributed by atoms with E-state index in [2.05, 4.69) is 18.1 Å². The average molecular weight is 538 g/mol. The molecule has 0 amide bonds. The lowest BCUT2D eigenvalue weighted by molar-refractivity contribution is -0.0541. The Bertz CT molecular complexity index is 1090. The molecule has 0 saturated carbocycles. The number of rotatable bonds is 10. The molecule has 4 unspecified atom stereocenters. The van der Waals surface area contributed by atoms with Crippen molar-refractivity contribution in [2.45, 2.75) is 24.5 Å². The van der Waals surface area contributed by atoms with E-state index in [1.807, 2.05) is 0 Å². The van der Waals surface area contributed by atoms with E-state index in [0.717, 1.165) is 10.8 Å². The highest BCUT2D eigenvalue weighted by molar-refractivity contribution is 7.66. The average Bonchev–Trinajstić information content (AvgIpc) is 2.91. The summed E-state index contributed by atoms with van der Waals surface area (Å²) in [6.45, 7) is -0.905. The van der Waals surface area contributed by atoms with Crippen LogP contribution in [0.15, 0.2) is 17.1 Å². The van der Waals surface area contributed by atoms with E-state index < -0.39 is 60.3 Å². The molecule has 18 nitrogen and oxygen atoms in total. The summed E-state index contributed by atoms with van der Waals surface area (Å²) in [6, 6.07) is 0. The Hall–Kier alpha value is -1.33. The minimum atomic E-state index is -5.75. The first-order valence-corrected chi connectivity index (χ1v) is 13.1. The van der Waals surface area contributed by atoms with Crippen LogP contribution in [-0.2, 0) is 31.6 Å². The summed E-state index contributed by atoms with van der Waals surface area (Å²) in [4.78, 5) is 51.3. The van der Waals surface area contributed by atoms with E-state index in [9.17, 15) is 33.6 Å². The molecule has 188 valence electrons. The van der Waals surface area contributed by atoms with Gasteiger partial charge < -0.3 is 46.0 Å². The standard InChI is InChI=1S/C12H21N4O14P3/c13-3-1-2-6-4-16(12(19)15-10(6)14)11-9(18)8(17)7(28-11)5-27-32(23,24)30-33(25,26)29-31(20,21)22/h1-2,4,7-9,11,17-18H,3,5,13H2,(H,23,24)(H,25,26)(H2,14,15,19)(H2,20,21,22)/b2-1+/t7-,8?,9?,11-/m1/s1. The van der Waals surface area contributed by atoms with Crippen molar-refractivity contribution in [3.63, 3.8) is 0 Å². The Kier molecular flexibility index (Phi) is 8.89. The van der Waals surface area contributed by atoms with Gasteiger partial charge >= 0.3 is 29.2 Å². The highest BCUT2D eigenvalue weighted by Gasteiger charge is 2.46. The number of aromatic nitrogens is 2. The fraction of sp³-hybridized carbons (Fsp3) is 0.500. The second-order valence-corrected chi connectivity index (χ2v) is 10.8. The van der Waals surface area contributed by atoms with Gasteiger partial charge in [0, 0.05) is 18.3 Å². The SMILES string of the molecule is NC/C=C/c1cn([C@@H]2O[C@H](COP(=O)(O)OP(=O)(O)OP(=O)(O)O)C(O)C2O)c(=O)nc1N. The predicted octanol–water partition coefficient (Wildman–Crippen LogP) is -2.24. The van der Waals surface area contributed by atoms with Gasteiger partial charge in [-0.05, 0) is 0 Å². The van der Waals surface area contributed by atoms with Crippen LogP contribution in [0.5, 0.6) is 0 Å². The van der Waals surface area contributed by atoms with Crippen LogP contribution >= 0.6 is 23.5 Å². The number of phosphoric ester groups is 1. The second kappa shape index (κ2) is 10.5. The first-order chi connectivity index (χ1) is 15.1. The third kappa shape index (κ3) is 7.85. The number of anilines is 1. The zero-order valence-electron chi connectivity index (χ0n) is 16.3. The monoisotopic (exact) mass is 538 g/mol. The smallest absolute Gasteiger partial charge is 0.387 e. The number of nitrogen functional groups attached to an aromatic ring is 1. The largest absolute Gasteiger partial charge is 0.490 e. The van der Waals surface area contributed by atoms with Crippen molar-refractivity contribution in [2.24, 2.45) is 5.73 Å². The molecule has 33 heavy (non-hydrogen) atoms. The van der Waals surface area contributed by atoms with Crippen LogP contribution in [0.4, 0.5) is 5.82 Å². The maximum absolute atomic E-state index is 12.2. The van der Waals surface area contributed by atoms with Crippen molar-refractivity contribution in [3.8, 4) is 0 Å². The molecule has 21 heteroatoms. The summed E-state index contributed by atoms with van der Waals surface area (Å²) in [7, 11) is -16.8. The van der Waals surface area contributed by atoms with E-state index in [1.165, 1.54) is 12.2 Å². The van der Waals surface area contributed by atoms with Gasteiger partial charge in [0.2, 0.25) is 0 Å². The Morgan fingerprint density at radius 1 is 1.12 bits per heavy atom. The minimum absolute atomic E-state index is 0.141. The van der Waals surface area contributed by atoms with Crippen molar-refractivity contribution in [3.05, 3.63) is 28.3 Å². The first-order valence-electron chi connectivity index (χ1n) is 8.60. The molecule has 0 bridgehead atoms. The lowest BCUT2D eigenvalue weighted by Crippen LogP contribution is -2.36. The van der Waals surface area contributed by atoms with Gasteiger partial charge in [-0.15, -0.1) is 0 Å². The van der Waals surface area contributed by atoms with Crippen LogP contribution in [-0.4, -0.2) is 70.8 Å². The maximum atomic E-state index is 12.2. The quantitative estimate of drug-likeness (QED) is 0.146. The number of hydrogen-bond donors (Lipinski definition) is 8. The molecule has 1 aromatic heterocycles. The fourth-order valence-electron chi connectivity index (χ4n) is 2.57. The van der Waals surface area contributed by atoms with Crippen LogP contribution in [0.3, 0.4) is 0 Å². The molecular formula is C12H21N4O14P3. The number of aliphatic hydroxyl groups is 2. The highest BCUT2D eigenvalue weighted by Crippen LogP contribution is 2.66. The molecular weight excluding hydrogens is 517 g/mol. The van der Waals surface area contributed by atoms with Crippen LogP contribution < -0.4 is 17.2 Å². The molecule has 10 N–H and O–H groups in total. The van der Waals surface area contributed by atoms with Crippen LogP contribution in [0.2, 0.25) is 0 Å². The fourth-order valence-corrected chi connectivity index (χ4v) is 5.60. The predicted molar refractivity (Wildman–Crippen MR) is 107 cm³/mol. The summed E-state index contributed by atoms with van der Waals surface area (Å²) < 4.78 is 51.3. The molecule has 0 spiro atoms. The molecule has 0 radical (unpaired) electrons. The molecule has 1 aromatic rings. The Morgan fingerprint density at radius 3 is 2.33 bits per heavy atom. The van der Waals surface area contributed by atoms with Crippen molar-refractivity contribution in [2.75, 3.05) is 18.9 Å². The maximum Gasteiger partial charge on any atom is 0.490 e. The van der Waals surface area contributed by atoms with Gasteiger partial charge in [-0.1, -0.05) is 12.2 Å². The highest BCUT2D eigenvalue weighted by atomic mass is 31.3. The van der Waals surface area contributed by atoms with Crippen molar-refractivity contribution in [1.82, 2.24) is 9.55 Å². The van der Waals surface area contributed by atoms with Gasteiger partial charge in [0.1, 0.15) is 24.1 Å². The summed E-state index contributed by atoms with van der Waals surface area (Å²) in [5.74, 6) is -0.154. The second-order valence-electron chi connectivity index (χ2n) is 6.34. The van der Waals surface area contributed by atoms with Crippen molar-refractivity contribution < 1.29 is 61.4 Å². The van der Waals surface area contributed by atoms with Crippen molar-refractivity contribution in [1.29, 1.82) is 0 Å². The molecule has 0 aliphatic carbocycles. The topological polar surface area (TPSA) is 296 Å². The Morgan fingerprint density at radius 2 is 1.76 bits per heavy atom. The normalized spacial score (nSPS) is 27.5. The number of hydrogen-bond acceptors (Lipinski definition) is 13. The van der Waals surface area contributed by atoms with Gasteiger partial charge in [-0.2, -0.15) is 13.6 Å². The zero-order valence-corrected chi connectivity index (χ0v) is 19.0. The third-order valence-corrected chi connectivity index (χ3v) is 7.68. The van der Waals surface area contributed by atoms with Gasteiger partial charge in [0.25, 0.3) is 0 Å². The van der Waals surface area contributed by atoms with E-state index in [0.29, 0.717) is 0 Å². The lowest BCUT2D eigenvalue weighted by Gasteiger charge is -2.19. The molecule has 1 fully saturated rings. The summed E-state index contributed by atoms with van der Waals surface area (Å²) in [6.07, 6.45) is -2.62. The molecule has 6 atom stereocenters. The molecule has 0 aromatic carbocycles. The molecule has 2 heterocycles.